The fraction of sp³-hybridized carbons (Fsp3) is 0.647. The maximum Gasteiger partial charge on any atom is 0.319 e. The molecule has 1 aromatic rings. The van der Waals surface area contributed by atoms with Gasteiger partial charge in [0.15, 0.2) is 5.15 Å². The molecule has 2 fully saturated rings. The highest BCUT2D eigenvalue weighted by Gasteiger charge is 2.29. The number of hydrogen-bond donors (Lipinski definition) is 2. The van der Waals surface area contributed by atoms with Crippen LogP contribution in [0.2, 0.25) is 5.15 Å². The number of pyridine rings is 1. The lowest BCUT2D eigenvalue weighted by molar-refractivity contribution is 0.185. The third kappa shape index (κ3) is 4.58. The second kappa shape index (κ2) is 7.97. The number of likely N-dealkylation sites (tertiary alicyclic amines) is 1. The van der Waals surface area contributed by atoms with Crippen molar-refractivity contribution in [3.63, 3.8) is 0 Å². The summed E-state index contributed by atoms with van der Waals surface area (Å²) in [5, 5.41) is 6.02. The van der Waals surface area contributed by atoms with E-state index in [9.17, 15) is 4.79 Å². The average Bonchev–Trinajstić information content (AvgIpc) is 3.05. The number of halogens is 1. The van der Waals surface area contributed by atoms with Crippen molar-refractivity contribution in [1.29, 1.82) is 0 Å². The van der Waals surface area contributed by atoms with Gasteiger partial charge < -0.3 is 15.5 Å². The zero-order chi connectivity index (χ0) is 16.1. The van der Waals surface area contributed by atoms with Gasteiger partial charge in [0.25, 0.3) is 0 Å². The van der Waals surface area contributed by atoms with Crippen LogP contribution in [-0.2, 0) is 0 Å². The van der Waals surface area contributed by atoms with Crippen LogP contribution in [0, 0.1) is 5.92 Å². The van der Waals surface area contributed by atoms with E-state index in [1.807, 2.05) is 0 Å². The molecule has 126 valence electrons. The topological polar surface area (TPSA) is 57.3 Å². The molecule has 1 aliphatic heterocycles. The highest BCUT2D eigenvalue weighted by atomic mass is 35.5. The van der Waals surface area contributed by atoms with Gasteiger partial charge in [0.05, 0.1) is 5.69 Å². The Labute approximate surface area is 142 Å². The summed E-state index contributed by atoms with van der Waals surface area (Å²) in [6.45, 7) is 3.00. The molecule has 0 bridgehead atoms. The molecule has 1 aliphatic carbocycles. The third-order valence-electron chi connectivity index (χ3n) is 4.97. The molecule has 2 amide bonds. The van der Waals surface area contributed by atoms with Crippen molar-refractivity contribution in [2.45, 2.75) is 44.6 Å². The minimum absolute atomic E-state index is 0.212. The molecule has 1 aromatic heterocycles. The van der Waals surface area contributed by atoms with Crippen molar-refractivity contribution in [2.75, 3.05) is 25.0 Å². The second-order valence-electron chi connectivity index (χ2n) is 6.62. The molecule has 1 saturated carbocycles. The summed E-state index contributed by atoms with van der Waals surface area (Å²) in [6, 6.07) is 4.06. The zero-order valence-corrected chi connectivity index (χ0v) is 14.2. The van der Waals surface area contributed by atoms with Gasteiger partial charge in [-0.25, -0.2) is 9.78 Å². The lowest BCUT2D eigenvalue weighted by Gasteiger charge is -2.31. The molecule has 0 spiro atoms. The van der Waals surface area contributed by atoms with Crippen LogP contribution >= 0.6 is 11.6 Å². The fourth-order valence-corrected chi connectivity index (χ4v) is 3.86. The van der Waals surface area contributed by atoms with E-state index in [-0.39, 0.29) is 6.03 Å². The number of aromatic nitrogens is 1. The van der Waals surface area contributed by atoms with E-state index < -0.39 is 0 Å². The van der Waals surface area contributed by atoms with Crippen molar-refractivity contribution in [3.05, 3.63) is 23.5 Å². The van der Waals surface area contributed by atoms with E-state index in [2.05, 4.69) is 20.5 Å². The van der Waals surface area contributed by atoms with Crippen molar-refractivity contribution in [1.82, 2.24) is 15.2 Å². The number of hydrogen-bond acceptors (Lipinski definition) is 3. The van der Waals surface area contributed by atoms with Crippen molar-refractivity contribution < 1.29 is 4.79 Å². The standard InChI is InChI=1S/C17H25ClN4O/c18-16-15(7-4-9-19-16)21-17(23)20-11-13-8-10-22(12-13)14-5-2-1-3-6-14/h4,7,9,13-14H,1-3,5-6,8,10-12H2,(H2,20,21,23)/t13-/m0/s1. The summed E-state index contributed by atoms with van der Waals surface area (Å²) < 4.78 is 0. The van der Waals surface area contributed by atoms with Crippen LogP contribution in [-0.4, -0.2) is 41.6 Å². The molecule has 2 heterocycles. The molecule has 2 N–H and O–H groups in total. The number of rotatable bonds is 4. The molecule has 5 nitrogen and oxygen atoms in total. The summed E-state index contributed by atoms with van der Waals surface area (Å²) >= 11 is 5.94. The average molecular weight is 337 g/mol. The Hall–Kier alpha value is -1.33. The van der Waals surface area contributed by atoms with Gasteiger partial charge in [-0.15, -0.1) is 0 Å². The minimum atomic E-state index is -0.212. The van der Waals surface area contributed by atoms with Gasteiger partial charge in [-0.3, -0.25) is 0 Å². The highest BCUT2D eigenvalue weighted by molar-refractivity contribution is 6.32. The van der Waals surface area contributed by atoms with Gasteiger partial charge in [-0.1, -0.05) is 30.9 Å². The quantitative estimate of drug-likeness (QED) is 0.827. The van der Waals surface area contributed by atoms with Gasteiger partial charge in [0.2, 0.25) is 0 Å². The normalized spacial score (nSPS) is 22.9. The molecule has 6 heteroatoms. The summed E-state index contributed by atoms with van der Waals surface area (Å²) in [4.78, 5) is 18.6. The molecular formula is C17H25ClN4O. The molecule has 23 heavy (non-hydrogen) atoms. The summed E-state index contributed by atoms with van der Waals surface area (Å²) in [6.07, 6.45) is 9.61. The van der Waals surface area contributed by atoms with Crippen LogP contribution < -0.4 is 10.6 Å². The lowest BCUT2D eigenvalue weighted by Crippen LogP contribution is -2.37. The van der Waals surface area contributed by atoms with Crippen LogP contribution in [0.3, 0.4) is 0 Å². The molecule has 3 rings (SSSR count). The Morgan fingerprint density at radius 2 is 2.13 bits per heavy atom. The number of carbonyl (C=O) groups excluding carboxylic acids is 1. The second-order valence-corrected chi connectivity index (χ2v) is 6.98. The Kier molecular flexibility index (Phi) is 5.73. The van der Waals surface area contributed by atoms with E-state index in [1.165, 1.54) is 45.1 Å². The minimum Gasteiger partial charge on any atom is -0.338 e. The number of urea groups is 1. The summed E-state index contributed by atoms with van der Waals surface area (Å²) in [7, 11) is 0. The van der Waals surface area contributed by atoms with Gasteiger partial charge in [0, 0.05) is 25.3 Å². The predicted octanol–water partition coefficient (Wildman–Crippen LogP) is 3.51. The first-order valence-corrected chi connectivity index (χ1v) is 8.99. The maximum atomic E-state index is 12.0. The van der Waals surface area contributed by atoms with Gasteiger partial charge >= 0.3 is 6.03 Å². The van der Waals surface area contributed by atoms with Crippen LogP contribution in [0.1, 0.15) is 38.5 Å². The monoisotopic (exact) mass is 336 g/mol. The number of carbonyl (C=O) groups is 1. The van der Waals surface area contributed by atoms with Gasteiger partial charge in [0.1, 0.15) is 0 Å². The van der Waals surface area contributed by atoms with Crippen LogP contribution in [0.25, 0.3) is 0 Å². The largest absolute Gasteiger partial charge is 0.338 e. The molecule has 1 atom stereocenters. The molecule has 1 saturated heterocycles. The smallest absolute Gasteiger partial charge is 0.319 e. The number of anilines is 1. The lowest BCUT2D eigenvalue weighted by atomic mass is 9.94. The molecule has 0 aromatic carbocycles. The Balaban J connectivity index is 1.40. The molecular weight excluding hydrogens is 312 g/mol. The molecule has 2 aliphatic rings. The zero-order valence-electron chi connectivity index (χ0n) is 13.4. The third-order valence-corrected chi connectivity index (χ3v) is 5.27. The summed E-state index contributed by atoms with van der Waals surface area (Å²) in [5.74, 6) is 0.548. The molecule has 0 unspecified atom stereocenters. The van der Waals surface area contributed by atoms with Crippen LogP contribution in [0.5, 0.6) is 0 Å². The van der Waals surface area contributed by atoms with Crippen molar-refractivity contribution >= 4 is 23.3 Å². The Morgan fingerprint density at radius 3 is 2.91 bits per heavy atom. The Bertz CT molecular complexity index is 533. The van der Waals surface area contributed by atoms with Crippen LogP contribution in [0.4, 0.5) is 10.5 Å². The number of amides is 2. The van der Waals surface area contributed by atoms with Crippen molar-refractivity contribution in [2.24, 2.45) is 5.92 Å². The number of nitrogens with zero attached hydrogens (tertiary/aromatic N) is 2. The SMILES string of the molecule is O=C(NC[C@@H]1CCN(C2CCCCC2)C1)Nc1cccnc1Cl. The number of nitrogens with one attached hydrogen (secondary N) is 2. The Morgan fingerprint density at radius 1 is 1.30 bits per heavy atom. The van der Waals surface area contributed by atoms with E-state index in [4.69, 9.17) is 11.6 Å². The van der Waals surface area contributed by atoms with Crippen LogP contribution in [0.15, 0.2) is 18.3 Å². The van der Waals surface area contributed by atoms with E-state index in [0.29, 0.717) is 23.3 Å². The first-order chi connectivity index (χ1) is 11.2. The van der Waals surface area contributed by atoms with E-state index in [1.54, 1.807) is 18.3 Å². The first kappa shape index (κ1) is 16.5. The maximum absolute atomic E-state index is 12.0. The fourth-order valence-electron chi connectivity index (χ4n) is 3.69. The highest BCUT2D eigenvalue weighted by Crippen LogP contribution is 2.27. The molecule has 0 radical (unpaired) electrons. The first-order valence-electron chi connectivity index (χ1n) is 8.62. The van der Waals surface area contributed by atoms with Crippen molar-refractivity contribution in [3.8, 4) is 0 Å². The van der Waals surface area contributed by atoms with E-state index in [0.717, 1.165) is 12.6 Å². The summed E-state index contributed by atoms with van der Waals surface area (Å²) in [5.41, 5.74) is 0.543. The predicted molar refractivity (Wildman–Crippen MR) is 92.8 cm³/mol. The van der Waals surface area contributed by atoms with Gasteiger partial charge in [-0.05, 0) is 43.9 Å². The van der Waals surface area contributed by atoms with E-state index >= 15 is 0 Å². The van der Waals surface area contributed by atoms with Gasteiger partial charge in [-0.2, -0.15) is 0 Å².